The van der Waals surface area contributed by atoms with Crippen molar-refractivity contribution in [2.75, 3.05) is 40.0 Å². The van der Waals surface area contributed by atoms with Crippen molar-refractivity contribution in [1.29, 1.82) is 0 Å². The van der Waals surface area contributed by atoms with Gasteiger partial charge in [-0.05, 0) is 31.6 Å². The molecule has 3 saturated heterocycles. The van der Waals surface area contributed by atoms with Crippen molar-refractivity contribution in [1.82, 2.24) is 14.1 Å². The van der Waals surface area contributed by atoms with Crippen molar-refractivity contribution in [2.24, 2.45) is 16.9 Å². The summed E-state index contributed by atoms with van der Waals surface area (Å²) in [6, 6.07) is -0.936. The Kier molecular flexibility index (Phi) is 5.44. The number of nitrogens with zero attached hydrogens (tertiary/aromatic N) is 5. The van der Waals surface area contributed by atoms with E-state index < -0.39 is 28.0 Å². The van der Waals surface area contributed by atoms with Crippen molar-refractivity contribution in [3.8, 4) is 0 Å². The molecule has 172 valence electrons. The maximum Gasteiger partial charge on any atom is 0.278 e. The molecule has 0 aromatic rings. The molecule has 0 saturated carbocycles. The summed E-state index contributed by atoms with van der Waals surface area (Å²) in [5.41, 5.74) is 0.388. The van der Waals surface area contributed by atoms with Gasteiger partial charge in [-0.15, -0.1) is 0 Å². The lowest BCUT2D eigenvalue weighted by Crippen LogP contribution is -2.46. The van der Waals surface area contributed by atoms with Crippen LogP contribution in [-0.2, 0) is 19.6 Å². The first kappa shape index (κ1) is 22.3. The fourth-order valence-corrected chi connectivity index (χ4v) is 6.88. The first-order chi connectivity index (χ1) is 14.4. The van der Waals surface area contributed by atoms with Gasteiger partial charge in [0.2, 0.25) is 21.8 Å². The third-order valence-electron chi connectivity index (χ3n) is 7.01. The van der Waals surface area contributed by atoms with Gasteiger partial charge in [0.25, 0.3) is 5.91 Å². The van der Waals surface area contributed by atoms with Crippen molar-refractivity contribution in [3.63, 3.8) is 0 Å². The lowest BCUT2D eigenvalue weighted by atomic mass is 9.88. The SMILES string of the molecule is CC(C)[C@H]1C(=O)N(S(C)(=O)=O)[C@H]2CCN(C(=O)C3=N[N+](C)(C)C(N4CCCCC4)=C3)[C@H]12. The number of quaternary nitrogens is 1. The first-order valence-corrected chi connectivity index (χ1v) is 13.0. The van der Waals surface area contributed by atoms with Gasteiger partial charge in [0, 0.05) is 19.6 Å². The summed E-state index contributed by atoms with van der Waals surface area (Å²) in [6.07, 6.45) is 6.92. The summed E-state index contributed by atoms with van der Waals surface area (Å²) < 4.78 is 26.0. The van der Waals surface area contributed by atoms with Gasteiger partial charge in [0.15, 0.2) is 5.71 Å². The van der Waals surface area contributed by atoms with E-state index in [4.69, 9.17) is 5.10 Å². The molecule has 2 amide bonds. The van der Waals surface area contributed by atoms with Crippen molar-refractivity contribution < 1.29 is 22.6 Å². The Morgan fingerprint density at radius 3 is 2.39 bits per heavy atom. The van der Waals surface area contributed by atoms with Crippen LogP contribution in [0.15, 0.2) is 17.0 Å². The van der Waals surface area contributed by atoms with E-state index >= 15 is 0 Å². The zero-order valence-electron chi connectivity index (χ0n) is 19.1. The normalized spacial score (nSPS) is 30.7. The number of hydrogen-bond donors (Lipinski definition) is 0. The van der Waals surface area contributed by atoms with Crippen LogP contribution in [0.2, 0.25) is 0 Å². The first-order valence-electron chi connectivity index (χ1n) is 11.2. The number of sulfonamides is 1. The van der Waals surface area contributed by atoms with E-state index in [-0.39, 0.29) is 22.3 Å². The van der Waals surface area contributed by atoms with E-state index in [0.29, 0.717) is 18.7 Å². The summed E-state index contributed by atoms with van der Waals surface area (Å²) >= 11 is 0. The maximum absolute atomic E-state index is 13.6. The second-order valence-electron chi connectivity index (χ2n) is 9.94. The lowest BCUT2D eigenvalue weighted by Gasteiger charge is -2.33. The molecule has 3 atom stereocenters. The van der Waals surface area contributed by atoms with E-state index in [0.717, 1.165) is 42.3 Å². The summed E-state index contributed by atoms with van der Waals surface area (Å²) in [4.78, 5) is 30.6. The van der Waals surface area contributed by atoms with Gasteiger partial charge in [-0.25, -0.2) is 12.7 Å². The molecule has 0 N–H and O–H groups in total. The Hall–Kier alpha value is -1.94. The van der Waals surface area contributed by atoms with Crippen molar-refractivity contribution >= 4 is 27.5 Å². The highest BCUT2D eigenvalue weighted by Gasteiger charge is 2.59. The highest BCUT2D eigenvalue weighted by atomic mass is 32.2. The number of amides is 2. The highest BCUT2D eigenvalue weighted by Crippen LogP contribution is 2.41. The molecule has 4 heterocycles. The Morgan fingerprint density at radius 2 is 1.81 bits per heavy atom. The van der Waals surface area contributed by atoms with Gasteiger partial charge < -0.3 is 9.80 Å². The number of piperidine rings is 1. The molecule has 31 heavy (non-hydrogen) atoms. The predicted molar refractivity (Wildman–Crippen MR) is 117 cm³/mol. The van der Waals surface area contributed by atoms with Crippen molar-refractivity contribution in [3.05, 3.63) is 11.9 Å². The number of hydrogen-bond acceptors (Lipinski definition) is 6. The molecule has 0 spiro atoms. The second-order valence-corrected chi connectivity index (χ2v) is 11.8. The maximum atomic E-state index is 13.6. The topological polar surface area (TPSA) is 90.4 Å². The molecule has 0 aromatic carbocycles. The van der Waals surface area contributed by atoms with Gasteiger partial charge in [0.05, 0.1) is 44.4 Å². The zero-order valence-corrected chi connectivity index (χ0v) is 19.9. The summed E-state index contributed by atoms with van der Waals surface area (Å²) in [6.45, 7) is 6.18. The Balaban J connectivity index is 1.64. The molecule has 0 bridgehead atoms. The molecule has 3 fully saturated rings. The van der Waals surface area contributed by atoms with Crippen LogP contribution in [0.4, 0.5) is 0 Å². The number of fused-ring (bicyclic) bond motifs is 1. The van der Waals surface area contributed by atoms with Gasteiger partial charge >= 0.3 is 0 Å². The average Bonchev–Trinajstić information content (AvgIpc) is 3.30. The second kappa shape index (κ2) is 7.58. The fourth-order valence-electron chi connectivity index (χ4n) is 5.71. The molecule has 0 aliphatic carbocycles. The molecule has 4 rings (SSSR count). The summed E-state index contributed by atoms with van der Waals surface area (Å²) in [5, 5.41) is 4.70. The molecule has 0 aromatic heterocycles. The molecule has 4 aliphatic rings. The molecular weight excluding hydrogens is 418 g/mol. The zero-order chi connectivity index (χ0) is 22.7. The summed E-state index contributed by atoms with van der Waals surface area (Å²) in [5.74, 6) is -0.184. The lowest BCUT2D eigenvalue weighted by molar-refractivity contribution is -0.865. The smallest absolute Gasteiger partial charge is 0.278 e. The third kappa shape index (κ3) is 3.67. The number of carbonyl (C=O) groups excluding carboxylic acids is 2. The van der Waals surface area contributed by atoms with Crippen LogP contribution in [0.3, 0.4) is 0 Å². The third-order valence-corrected chi connectivity index (χ3v) is 8.18. The van der Waals surface area contributed by atoms with Crippen LogP contribution < -0.4 is 0 Å². The largest absolute Gasteiger partial charge is 0.331 e. The summed E-state index contributed by atoms with van der Waals surface area (Å²) in [7, 11) is 0.246. The quantitative estimate of drug-likeness (QED) is 0.589. The van der Waals surface area contributed by atoms with E-state index in [1.807, 2.05) is 34.0 Å². The Labute approximate surface area is 185 Å². The van der Waals surface area contributed by atoms with Crippen LogP contribution in [0.5, 0.6) is 0 Å². The van der Waals surface area contributed by atoms with Crippen LogP contribution >= 0.6 is 0 Å². The Morgan fingerprint density at radius 1 is 1.16 bits per heavy atom. The predicted octanol–water partition coefficient (Wildman–Crippen LogP) is 0.803. The monoisotopic (exact) mass is 452 g/mol. The number of carbonyl (C=O) groups is 2. The van der Waals surface area contributed by atoms with Crippen LogP contribution in [0.1, 0.15) is 39.5 Å². The molecular formula is C21H34N5O4S+. The van der Waals surface area contributed by atoms with Gasteiger partial charge in [0.1, 0.15) is 0 Å². The number of likely N-dealkylation sites (tertiary alicyclic amines) is 2. The van der Waals surface area contributed by atoms with Crippen LogP contribution in [-0.4, -0.2) is 96.7 Å². The average molecular weight is 453 g/mol. The number of rotatable bonds is 4. The molecule has 4 aliphatic heterocycles. The van der Waals surface area contributed by atoms with E-state index in [2.05, 4.69) is 4.90 Å². The Bertz CT molecular complexity index is 949. The van der Waals surface area contributed by atoms with Gasteiger partial charge in [-0.3, -0.25) is 9.59 Å². The van der Waals surface area contributed by atoms with E-state index in [9.17, 15) is 18.0 Å². The fraction of sp³-hybridized carbons (Fsp3) is 0.762. The molecule has 0 unspecified atom stereocenters. The highest BCUT2D eigenvalue weighted by molar-refractivity contribution is 7.88. The van der Waals surface area contributed by atoms with Crippen LogP contribution in [0, 0.1) is 11.8 Å². The minimum absolute atomic E-state index is 0.0719. The van der Waals surface area contributed by atoms with E-state index in [1.165, 1.54) is 6.42 Å². The van der Waals surface area contributed by atoms with Crippen LogP contribution in [0.25, 0.3) is 0 Å². The molecule has 10 heteroatoms. The van der Waals surface area contributed by atoms with Crippen molar-refractivity contribution in [2.45, 2.75) is 51.6 Å². The minimum atomic E-state index is -3.69. The van der Waals surface area contributed by atoms with E-state index in [1.54, 1.807) is 4.90 Å². The van der Waals surface area contributed by atoms with Gasteiger partial charge in [-0.1, -0.05) is 18.9 Å². The minimum Gasteiger partial charge on any atom is -0.331 e. The van der Waals surface area contributed by atoms with Gasteiger partial charge in [-0.2, -0.15) is 4.59 Å². The molecule has 0 radical (unpaired) electrons. The standard InChI is InChI=1S/C21H34N5O4S/c1-14(2)18-19-16(25(21(18)28)31(5,29)30)9-12-24(19)20(27)15-13-17(26(3,4)22-15)23-10-7-6-8-11-23/h13-14,16,18-19H,6-12H2,1-5H3/q+1/t16-,18+,19-/m0/s1. The molecule has 9 nitrogen and oxygen atoms in total.